The molecule has 1 aromatic carbocycles. The van der Waals surface area contributed by atoms with Crippen molar-refractivity contribution >= 4 is 17.2 Å². The molecule has 3 aromatic rings. The van der Waals surface area contributed by atoms with Crippen molar-refractivity contribution < 1.29 is 14.3 Å². The summed E-state index contributed by atoms with van der Waals surface area (Å²) in [5.74, 6) is 1.36. The molecule has 7 nitrogen and oxygen atoms in total. The number of carbonyl (C=O) groups excluding carboxylic acids is 1. The maximum absolute atomic E-state index is 13.2. The summed E-state index contributed by atoms with van der Waals surface area (Å²) < 4.78 is 10.7. The molecule has 1 saturated heterocycles. The SMILES string of the molecule is COc1ccc(-c2nc(C)c(C(=O)N3CCN(Cc4ccccn4)CC3)s2)cc1OC. The van der Waals surface area contributed by atoms with Crippen molar-refractivity contribution in [2.45, 2.75) is 13.5 Å². The Kier molecular flexibility index (Phi) is 6.48. The van der Waals surface area contributed by atoms with Crippen LogP contribution >= 0.6 is 11.3 Å². The molecule has 0 saturated carbocycles. The molecule has 0 unspecified atom stereocenters. The van der Waals surface area contributed by atoms with E-state index >= 15 is 0 Å². The summed E-state index contributed by atoms with van der Waals surface area (Å²) in [7, 11) is 3.22. The zero-order valence-electron chi connectivity index (χ0n) is 18.0. The molecule has 0 N–H and O–H groups in total. The Morgan fingerprint density at radius 3 is 2.52 bits per heavy atom. The molecule has 0 aliphatic carbocycles. The minimum absolute atomic E-state index is 0.0548. The number of nitrogens with zero attached hydrogens (tertiary/aromatic N) is 4. The number of aromatic nitrogens is 2. The normalized spacial score (nSPS) is 14.5. The molecule has 1 amide bonds. The molecule has 31 heavy (non-hydrogen) atoms. The molecule has 2 aromatic heterocycles. The number of benzene rings is 1. The third-order valence-corrected chi connectivity index (χ3v) is 6.59. The predicted molar refractivity (Wildman–Crippen MR) is 121 cm³/mol. The average Bonchev–Trinajstić information content (AvgIpc) is 3.21. The number of hydrogen-bond acceptors (Lipinski definition) is 7. The molecular weight excluding hydrogens is 412 g/mol. The number of piperazine rings is 1. The van der Waals surface area contributed by atoms with E-state index in [-0.39, 0.29) is 5.91 Å². The van der Waals surface area contributed by atoms with E-state index in [4.69, 9.17) is 9.47 Å². The van der Waals surface area contributed by atoms with Gasteiger partial charge in [0.1, 0.15) is 9.88 Å². The van der Waals surface area contributed by atoms with Crippen LogP contribution in [0, 0.1) is 6.92 Å². The number of rotatable bonds is 6. The third kappa shape index (κ3) is 4.70. The maximum atomic E-state index is 13.2. The molecule has 1 aliphatic rings. The highest BCUT2D eigenvalue weighted by molar-refractivity contribution is 7.17. The summed E-state index contributed by atoms with van der Waals surface area (Å²) >= 11 is 1.43. The van der Waals surface area contributed by atoms with Crippen molar-refractivity contribution in [3.63, 3.8) is 0 Å². The molecule has 8 heteroatoms. The van der Waals surface area contributed by atoms with E-state index in [1.807, 2.05) is 54.4 Å². The van der Waals surface area contributed by atoms with Gasteiger partial charge in [-0.25, -0.2) is 4.98 Å². The van der Waals surface area contributed by atoms with Crippen LogP contribution in [0.5, 0.6) is 11.5 Å². The summed E-state index contributed by atoms with van der Waals surface area (Å²) in [6, 6.07) is 11.6. The Hall–Kier alpha value is -2.97. The number of ether oxygens (including phenoxy) is 2. The zero-order chi connectivity index (χ0) is 21.8. The van der Waals surface area contributed by atoms with Gasteiger partial charge in [-0.05, 0) is 37.3 Å². The van der Waals surface area contributed by atoms with Crippen LogP contribution in [0.25, 0.3) is 10.6 Å². The largest absolute Gasteiger partial charge is 0.493 e. The fourth-order valence-corrected chi connectivity index (χ4v) is 4.69. The Balaban J connectivity index is 1.44. The van der Waals surface area contributed by atoms with Gasteiger partial charge in [0.2, 0.25) is 0 Å². The lowest BCUT2D eigenvalue weighted by Gasteiger charge is -2.34. The molecule has 0 radical (unpaired) electrons. The quantitative estimate of drug-likeness (QED) is 0.587. The number of methoxy groups -OCH3 is 2. The van der Waals surface area contributed by atoms with Gasteiger partial charge < -0.3 is 14.4 Å². The number of pyridine rings is 1. The molecule has 0 spiro atoms. The summed E-state index contributed by atoms with van der Waals surface area (Å²) in [4.78, 5) is 27.2. The van der Waals surface area contributed by atoms with Gasteiger partial charge in [0.25, 0.3) is 5.91 Å². The van der Waals surface area contributed by atoms with Crippen molar-refractivity contribution in [2.75, 3.05) is 40.4 Å². The van der Waals surface area contributed by atoms with Crippen LogP contribution in [0.1, 0.15) is 21.1 Å². The molecule has 1 aliphatic heterocycles. The van der Waals surface area contributed by atoms with Crippen LogP contribution < -0.4 is 9.47 Å². The van der Waals surface area contributed by atoms with Crippen molar-refractivity contribution in [3.8, 4) is 22.1 Å². The van der Waals surface area contributed by atoms with Crippen LogP contribution in [0.15, 0.2) is 42.6 Å². The minimum atomic E-state index is 0.0548. The van der Waals surface area contributed by atoms with Crippen molar-refractivity contribution in [1.29, 1.82) is 0 Å². The van der Waals surface area contributed by atoms with Crippen molar-refractivity contribution in [1.82, 2.24) is 19.8 Å². The topological polar surface area (TPSA) is 67.8 Å². The van der Waals surface area contributed by atoms with E-state index < -0.39 is 0 Å². The fraction of sp³-hybridized carbons (Fsp3) is 0.348. The number of aryl methyl sites for hydroxylation is 1. The van der Waals surface area contributed by atoms with E-state index in [2.05, 4.69) is 14.9 Å². The zero-order valence-corrected chi connectivity index (χ0v) is 18.8. The molecule has 0 bridgehead atoms. The number of carbonyl (C=O) groups is 1. The summed E-state index contributed by atoms with van der Waals surface area (Å²) in [5.41, 5.74) is 2.72. The van der Waals surface area contributed by atoms with Gasteiger partial charge in [0.05, 0.1) is 25.6 Å². The van der Waals surface area contributed by atoms with E-state index in [9.17, 15) is 4.79 Å². The highest BCUT2D eigenvalue weighted by Gasteiger charge is 2.26. The van der Waals surface area contributed by atoms with Crippen LogP contribution in [0.2, 0.25) is 0 Å². The lowest BCUT2D eigenvalue weighted by Crippen LogP contribution is -2.48. The molecule has 3 heterocycles. The van der Waals surface area contributed by atoms with Gasteiger partial charge in [-0.2, -0.15) is 0 Å². The van der Waals surface area contributed by atoms with E-state index in [1.54, 1.807) is 14.2 Å². The Morgan fingerprint density at radius 2 is 1.84 bits per heavy atom. The lowest BCUT2D eigenvalue weighted by molar-refractivity contribution is 0.0631. The summed E-state index contributed by atoms with van der Waals surface area (Å²) in [6.07, 6.45) is 1.82. The number of amides is 1. The van der Waals surface area contributed by atoms with E-state index in [0.717, 1.165) is 41.6 Å². The van der Waals surface area contributed by atoms with Crippen LogP contribution in [-0.4, -0.2) is 66.1 Å². The molecule has 1 fully saturated rings. The van der Waals surface area contributed by atoms with Crippen LogP contribution in [0.4, 0.5) is 0 Å². The van der Waals surface area contributed by atoms with Gasteiger partial charge in [0.15, 0.2) is 11.5 Å². The molecule has 4 rings (SSSR count). The van der Waals surface area contributed by atoms with Gasteiger partial charge in [0, 0.05) is 44.5 Å². The molecular formula is C23H26N4O3S. The van der Waals surface area contributed by atoms with Crippen molar-refractivity contribution in [2.24, 2.45) is 0 Å². The predicted octanol–water partition coefficient (Wildman–Crippen LogP) is 3.49. The fourth-order valence-electron chi connectivity index (χ4n) is 3.66. The highest BCUT2D eigenvalue weighted by atomic mass is 32.1. The smallest absolute Gasteiger partial charge is 0.265 e. The van der Waals surface area contributed by atoms with E-state index in [1.165, 1.54) is 11.3 Å². The lowest BCUT2D eigenvalue weighted by atomic mass is 10.2. The van der Waals surface area contributed by atoms with Crippen LogP contribution in [-0.2, 0) is 6.54 Å². The summed E-state index contributed by atoms with van der Waals surface area (Å²) in [5, 5.41) is 0.801. The molecule has 0 atom stereocenters. The minimum Gasteiger partial charge on any atom is -0.493 e. The van der Waals surface area contributed by atoms with Gasteiger partial charge in [-0.15, -0.1) is 11.3 Å². The Bertz CT molecular complexity index is 1050. The van der Waals surface area contributed by atoms with E-state index in [0.29, 0.717) is 29.5 Å². The van der Waals surface area contributed by atoms with Crippen molar-refractivity contribution in [3.05, 3.63) is 58.9 Å². The first kappa shape index (κ1) is 21.3. The van der Waals surface area contributed by atoms with Gasteiger partial charge in [-0.3, -0.25) is 14.7 Å². The second-order valence-electron chi connectivity index (χ2n) is 7.39. The third-order valence-electron chi connectivity index (χ3n) is 5.39. The molecule has 162 valence electrons. The first-order valence-electron chi connectivity index (χ1n) is 10.2. The highest BCUT2D eigenvalue weighted by Crippen LogP contribution is 2.35. The first-order valence-corrected chi connectivity index (χ1v) is 11.0. The maximum Gasteiger partial charge on any atom is 0.265 e. The summed E-state index contributed by atoms with van der Waals surface area (Å²) in [6.45, 7) is 5.78. The average molecular weight is 439 g/mol. The van der Waals surface area contributed by atoms with Gasteiger partial charge >= 0.3 is 0 Å². The first-order chi connectivity index (χ1) is 15.1. The standard InChI is InChI=1S/C23H26N4O3S/c1-16-21(31-22(25-16)17-7-8-19(29-2)20(14-17)30-3)23(28)27-12-10-26(11-13-27)15-18-6-4-5-9-24-18/h4-9,14H,10-13,15H2,1-3H3. The second-order valence-corrected chi connectivity index (χ2v) is 8.39. The van der Waals surface area contributed by atoms with Gasteiger partial charge in [-0.1, -0.05) is 6.07 Å². The van der Waals surface area contributed by atoms with Crippen LogP contribution in [0.3, 0.4) is 0 Å². The monoisotopic (exact) mass is 438 g/mol. The Labute approximate surface area is 186 Å². The Morgan fingerprint density at radius 1 is 1.06 bits per heavy atom. The second kappa shape index (κ2) is 9.45. The number of thiazole rings is 1. The number of hydrogen-bond donors (Lipinski definition) is 0.